The number of nitrogens with one attached hydrogen (secondary N) is 2. The molecule has 0 aliphatic carbocycles. The number of ether oxygens (including phenoxy) is 2. The van der Waals surface area contributed by atoms with Crippen molar-refractivity contribution in [3.8, 4) is 0 Å². The summed E-state index contributed by atoms with van der Waals surface area (Å²) in [5, 5.41) is 29.8. The van der Waals surface area contributed by atoms with E-state index in [9.17, 15) is 14.7 Å². The van der Waals surface area contributed by atoms with Crippen molar-refractivity contribution < 1.29 is 44.0 Å². The van der Waals surface area contributed by atoms with Gasteiger partial charge in [-0.05, 0) is 39.0 Å². The van der Waals surface area contributed by atoms with Crippen molar-refractivity contribution in [2.45, 2.75) is 163 Å². The fourth-order valence-electron chi connectivity index (χ4n) is 4.32. The molecule has 0 radical (unpaired) electrons. The van der Waals surface area contributed by atoms with E-state index in [-0.39, 0.29) is 19.3 Å². The van der Waals surface area contributed by atoms with Crippen LogP contribution in [0.4, 0.5) is 0 Å². The van der Waals surface area contributed by atoms with Crippen LogP contribution in [0.3, 0.4) is 0 Å². The maximum atomic E-state index is 10.2. The molecule has 334 valence electrons. The summed E-state index contributed by atoms with van der Waals surface area (Å²) in [7, 11) is 1.00. The first kappa shape index (κ1) is 70.2. The van der Waals surface area contributed by atoms with E-state index in [1.165, 1.54) is 83.5 Å². The average molecular weight is 797 g/mol. The number of hydrogen-bond acceptors (Lipinski definition) is 12. The van der Waals surface area contributed by atoms with Gasteiger partial charge in [-0.25, -0.2) is 0 Å². The van der Waals surface area contributed by atoms with E-state index in [1.54, 1.807) is 6.92 Å². The van der Waals surface area contributed by atoms with Crippen LogP contribution in [0.5, 0.6) is 0 Å². The number of nitrogens with two attached hydrogens (primary N) is 2. The van der Waals surface area contributed by atoms with Crippen molar-refractivity contribution in [2.75, 3.05) is 59.8 Å². The highest BCUT2D eigenvalue weighted by atomic mass is 16.5. The lowest BCUT2D eigenvalue weighted by atomic mass is 10.0. The van der Waals surface area contributed by atoms with Gasteiger partial charge >= 0.3 is 0 Å². The Morgan fingerprint density at radius 3 is 1.45 bits per heavy atom. The fraction of sp³-hybridized carbons (Fsp3) is 0.810. The standard InChI is InChI=1S/C24H47NO2.C7H16N2O2.C4H9NO.C2H6O.C2H6.CH4O.2CH2O/c1-3-19-24(22-27)25-23(2)20-17-15-13-11-9-7-5-4-6-8-10-12-14-16-18-21-26;1-7(9)6-11-5-4-10-3-2-8;1-2-3-5-4-6;1-2-3;4*1-2/h21,24-25,27H,2-20,22H2,1H3;1-6,8-9H2;4H,2-3H2,1H3,(H,5,6);3H,2H2,1H3;1-2H3;2H,1H3;2*1H2. The Kier molecular flexibility index (Phi) is 107. The summed E-state index contributed by atoms with van der Waals surface area (Å²) >= 11 is 0. The van der Waals surface area contributed by atoms with Crippen molar-refractivity contribution in [3.05, 3.63) is 24.6 Å². The molecule has 1 unspecified atom stereocenters. The highest BCUT2D eigenvalue weighted by Gasteiger charge is 2.06. The Morgan fingerprint density at radius 1 is 0.709 bits per heavy atom. The Morgan fingerprint density at radius 2 is 1.13 bits per heavy atom. The predicted octanol–water partition coefficient (Wildman–Crippen LogP) is 6.55. The molecule has 0 aliphatic heterocycles. The molecule has 0 bridgehead atoms. The van der Waals surface area contributed by atoms with E-state index in [0.717, 1.165) is 64.2 Å². The van der Waals surface area contributed by atoms with Crippen LogP contribution in [0.15, 0.2) is 24.6 Å². The normalized spacial score (nSPS) is 9.42. The number of aldehydes is 1. The van der Waals surface area contributed by atoms with Crippen LogP contribution >= 0.6 is 0 Å². The number of carbonyl (C=O) groups excluding carboxylic acids is 4. The van der Waals surface area contributed by atoms with E-state index in [4.69, 9.17) is 40.7 Å². The average Bonchev–Trinajstić information content (AvgIpc) is 3.21. The van der Waals surface area contributed by atoms with E-state index in [0.29, 0.717) is 45.1 Å². The van der Waals surface area contributed by atoms with Gasteiger partial charge in [-0.1, -0.05) is 124 Å². The van der Waals surface area contributed by atoms with Crippen LogP contribution in [0.2, 0.25) is 0 Å². The van der Waals surface area contributed by atoms with Gasteiger partial charge in [0, 0.05) is 50.7 Å². The summed E-state index contributed by atoms with van der Waals surface area (Å²) in [5.74, 6) is 0. The van der Waals surface area contributed by atoms with Gasteiger partial charge in [0.05, 0.1) is 33.0 Å². The van der Waals surface area contributed by atoms with Crippen LogP contribution in [-0.2, 0) is 28.7 Å². The maximum Gasteiger partial charge on any atom is 0.207 e. The number of carbonyl (C=O) groups is 4. The minimum atomic E-state index is 0.185. The topological polar surface area (TPSA) is 224 Å². The molecule has 13 heteroatoms. The van der Waals surface area contributed by atoms with Crippen LogP contribution in [0.25, 0.3) is 0 Å². The zero-order valence-corrected chi connectivity index (χ0v) is 36.6. The summed E-state index contributed by atoms with van der Waals surface area (Å²) in [6.45, 7) is 25.3. The number of rotatable bonds is 32. The summed E-state index contributed by atoms with van der Waals surface area (Å²) in [6.07, 6.45) is 25.1. The van der Waals surface area contributed by atoms with Gasteiger partial charge in [-0.2, -0.15) is 0 Å². The molecule has 55 heavy (non-hydrogen) atoms. The van der Waals surface area contributed by atoms with Crippen LogP contribution in [0, 0.1) is 0 Å². The molecule has 0 fully saturated rings. The highest BCUT2D eigenvalue weighted by molar-refractivity contribution is 5.48. The first-order chi connectivity index (χ1) is 26.8. The molecular formula is C42H92N4O9. The zero-order valence-electron chi connectivity index (χ0n) is 36.6. The molecule has 0 aromatic carbocycles. The second-order valence-electron chi connectivity index (χ2n) is 11.6. The van der Waals surface area contributed by atoms with Gasteiger partial charge in [-0.3, -0.25) is 4.79 Å². The van der Waals surface area contributed by atoms with Crippen LogP contribution < -0.4 is 22.1 Å². The van der Waals surface area contributed by atoms with Crippen molar-refractivity contribution in [2.24, 2.45) is 11.5 Å². The molecule has 0 aliphatic rings. The van der Waals surface area contributed by atoms with Crippen molar-refractivity contribution >= 4 is 26.3 Å². The molecule has 0 saturated carbocycles. The monoisotopic (exact) mass is 797 g/mol. The fourth-order valence-corrected chi connectivity index (χ4v) is 4.32. The SMILES string of the molecule is C=C(CCCCCCCCCCCCCCCCC=O)NC(CO)CCC.C=C(N)COCCOCCN.C=O.C=O.CC.CCCNC=O.CCO.CO. The number of unbranched alkanes of at least 4 members (excludes halogenated alkanes) is 14. The largest absolute Gasteiger partial charge is 0.401 e. The second-order valence-corrected chi connectivity index (χ2v) is 11.6. The zero-order chi connectivity index (χ0) is 44.1. The molecule has 13 nitrogen and oxygen atoms in total. The molecule has 9 N–H and O–H groups in total. The third kappa shape index (κ3) is 100. The quantitative estimate of drug-likeness (QED) is 0.0285. The van der Waals surface area contributed by atoms with Crippen molar-refractivity contribution in [1.29, 1.82) is 0 Å². The van der Waals surface area contributed by atoms with E-state index in [1.807, 2.05) is 34.3 Å². The molecule has 0 aromatic heterocycles. The number of amides is 1. The molecule has 0 rings (SSSR count). The van der Waals surface area contributed by atoms with Crippen LogP contribution in [0.1, 0.15) is 157 Å². The Hall–Kier alpha value is -2.68. The maximum absolute atomic E-state index is 10.2. The van der Waals surface area contributed by atoms with E-state index < -0.39 is 0 Å². The molecule has 1 amide bonds. The lowest BCUT2D eigenvalue weighted by Crippen LogP contribution is -2.31. The molecular weight excluding hydrogens is 704 g/mol. The minimum absolute atomic E-state index is 0.185. The summed E-state index contributed by atoms with van der Waals surface area (Å²) < 4.78 is 10.1. The van der Waals surface area contributed by atoms with Crippen molar-refractivity contribution in [3.63, 3.8) is 0 Å². The van der Waals surface area contributed by atoms with Crippen LogP contribution in [-0.4, -0.2) is 107 Å². The smallest absolute Gasteiger partial charge is 0.207 e. The number of hydrogen-bond donors (Lipinski definition) is 7. The third-order valence-corrected chi connectivity index (χ3v) is 6.72. The van der Waals surface area contributed by atoms with E-state index in [2.05, 4.69) is 30.7 Å². The molecule has 1 atom stereocenters. The number of aliphatic hydroxyl groups is 3. The van der Waals surface area contributed by atoms with E-state index >= 15 is 0 Å². The Bertz CT molecular complexity index is 662. The van der Waals surface area contributed by atoms with Gasteiger partial charge in [0.15, 0.2) is 0 Å². The lowest BCUT2D eigenvalue weighted by molar-refractivity contribution is -0.109. The summed E-state index contributed by atoms with van der Waals surface area (Å²) in [5.41, 5.74) is 12.1. The minimum Gasteiger partial charge on any atom is -0.401 e. The summed E-state index contributed by atoms with van der Waals surface area (Å²) in [6, 6.07) is 0.185. The summed E-state index contributed by atoms with van der Waals surface area (Å²) in [4.78, 5) is 35.7. The van der Waals surface area contributed by atoms with Gasteiger partial charge < -0.3 is 61.3 Å². The Labute approximate surface area is 338 Å². The first-order valence-electron chi connectivity index (χ1n) is 20.4. The Balaban J connectivity index is -0.000000107. The van der Waals surface area contributed by atoms with Crippen molar-refractivity contribution in [1.82, 2.24) is 10.6 Å². The third-order valence-electron chi connectivity index (χ3n) is 6.72. The van der Waals surface area contributed by atoms with Gasteiger partial charge in [0.25, 0.3) is 0 Å². The molecule has 0 aromatic rings. The van der Waals surface area contributed by atoms with Gasteiger partial charge in [0.2, 0.25) is 6.41 Å². The van der Waals surface area contributed by atoms with Gasteiger partial charge in [-0.15, -0.1) is 0 Å². The number of aliphatic hydroxyl groups excluding tert-OH is 3. The molecule has 0 spiro atoms. The molecule has 0 saturated heterocycles. The number of allylic oxidation sites excluding steroid dienone is 1. The second kappa shape index (κ2) is 84.1. The first-order valence-corrected chi connectivity index (χ1v) is 20.4. The van der Waals surface area contributed by atoms with Gasteiger partial charge in [0.1, 0.15) is 19.9 Å². The molecule has 0 heterocycles. The lowest BCUT2D eigenvalue weighted by Gasteiger charge is -2.18. The predicted molar refractivity (Wildman–Crippen MR) is 233 cm³/mol. The highest BCUT2D eigenvalue weighted by Crippen LogP contribution is 2.14.